The van der Waals surface area contributed by atoms with Crippen LogP contribution >= 0.6 is 0 Å². The number of hydrogen-bond donors (Lipinski definition) is 0. The van der Waals surface area contributed by atoms with Gasteiger partial charge in [-0.1, -0.05) is 6.07 Å². The molecule has 3 rings (SSSR count). The van der Waals surface area contributed by atoms with E-state index in [-0.39, 0.29) is 0 Å². The molecule has 0 atom stereocenters. The van der Waals surface area contributed by atoms with E-state index in [0.29, 0.717) is 0 Å². The molecule has 0 radical (unpaired) electrons. The number of pyridine rings is 1. The van der Waals surface area contributed by atoms with Crippen LogP contribution in [0, 0.1) is 0 Å². The second-order valence-electron chi connectivity index (χ2n) is 4.86. The Labute approximate surface area is 123 Å². The molecule has 108 valence electrons. The van der Waals surface area contributed by atoms with Gasteiger partial charge in [-0.25, -0.2) is 4.98 Å². The van der Waals surface area contributed by atoms with Crippen molar-refractivity contribution >= 4 is 11.0 Å². The first-order chi connectivity index (χ1) is 10.3. The second kappa shape index (κ2) is 5.87. The van der Waals surface area contributed by atoms with Gasteiger partial charge in [0.1, 0.15) is 5.65 Å². The highest BCUT2D eigenvalue weighted by atomic mass is 16.5. The molecule has 4 nitrogen and oxygen atoms in total. The summed E-state index contributed by atoms with van der Waals surface area (Å²) in [6, 6.07) is 12.2. The molecule has 0 aliphatic rings. The van der Waals surface area contributed by atoms with E-state index in [1.54, 1.807) is 14.2 Å². The lowest BCUT2D eigenvalue weighted by atomic mass is 10.1. The van der Waals surface area contributed by atoms with Gasteiger partial charge in [0.2, 0.25) is 0 Å². The van der Waals surface area contributed by atoms with Crippen LogP contribution in [0.5, 0.6) is 11.5 Å². The summed E-state index contributed by atoms with van der Waals surface area (Å²) >= 11 is 0. The molecule has 0 saturated carbocycles. The van der Waals surface area contributed by atoms with Gasteiger partial charge in [0, 0.05) is 24.3 Å². The van der Waals surface area contributed by atoms with Crippen LogP contribution in [0.4, 0.5) is 0 Å². The number of aryl methyl sites for hydroxylation is 2. The van der Waals surface area contributed by atoms with E-state index in [9.17, 15) is 0 Å². The SMILES string of the molecule is COc1ccc(CCn2ccc3cccnc32)cc1OC. The lowest BCUT2D eigenvalue weighted by molar-refractivity contribution is 0.354. The summed E-state index contributed by atoms with van der Waals surface area (Å²) in [6.45, 7) is 0.885. The van der Waals surface area contributed by atoms with Crippen LogP contribution in [0.15, 0.2) is 48.8 Å². The average molecular weight is 282 g/mol. The number of ether oxygens (including phenoxy) is 2. The average Bonchev–Trinajstić information content (AvgIpc) is 2.96. The van der Waals surface area contributed by atoms with Gasteiger partial charge in [0.15, 0.2) is 11.5 Å². The van der Waals surface area contributed by atoms with Crippen LogP contribution in [-0.2, 0) is 13.0 Å². The Morgan fingerprint density at radius 2 is 1.90 bits per heavy atom. The topological polar surface area (TPSA) is 36.3 Å². The fourth-order valence-corrected chi connectivity index (χ4v) is 2.49. The number of hydrogen-bond acceptors (Lipinski definition) is 3. The molecule has 0 amide bonds. The Balaban J connectivity index is 1.78. The summed E-state index contributed by atoms with van der Waals surface area (Å²) in [4.78, 5) is 4.43. The fraction of sp³-hybridized carbons (Fsp3) is 0.235. The molecule has 21 heavy (non-hydrogen) atoms. The Bertz CT molecular complexity index is 749. The maximum atomic E-state index is 5.34. The van der Waals surface area contributed by atoms with E-state index < -0.39 is 0 Å². The lowest BCUT2D eigenvalue weighted by Gasteiger charge is -2.10. The minimum atomic E-state index is 0.759. The Kier molecular flexibility index (Phi) is 3.77. The van der Waals surface area contributed by atoms with E-state index in [0.717, 1.165) is 30.1 Å². The van der Waals surface area contributed by atoms with Gasteiger partial charge in [-0.2, -0.15) is 0 Å². The number of benzene rings is 1. The van der Waals surface area contributed by atoms with Crippen molar-refractivity contribution in [2.45, 2.75) is 13.0 Å². The van der Waals surface area contributed by atoms with E-state index in [1.807, 2.05) is 24.4 Å². The van der Waals surface area contributed by atoms with Crippen molar-refractivity contribution in [2.24, 2.45) is 0 Å². The molecule has 0 fully saturated rings. The third-order valence-corrected chi connectivity index (χ3v) is 3.61. The Hall–Kier alpha value is -2.49. The van der Waals surface area contributed by atoms with Crippen molar-refractivity contribution in [2.75, 3.05) is 14.2 Å². The highest BCUT2D eigenvalue weighted by Crippen LogP contribution is 2.28. The van der Waals surface area contributed by atoms with Crippen LogP contribution in [0.2, 0.25) is 0 Å². The molecule has 0 bridgehead atoms. The van der Waals surface area contributed by atoms with Gasteiger partial charge < -0.3 is 14.0 Å². The molecule has 0 unspecified atom stereocenters. The van der Waals surface area contributed by atoms with E-state index >= 15 is 0 Å². The largest absolute Gasteiger partial charge is 0.493 e. The first-order valence-corrected chi connectivity index (χ1v) is 6.92. The predicted molar refractivity (Wildman–Crippen MR) is 83.0 cm³/mol. The summed E-state index contributed by atoms with van der Waals surface area (Å²) < 4.78 is 12.8. The van der Waals surface area contributed by atoms with E-state index in [4.69, 9.17) is 9.47 Å². The monoisotopic (exact) mass is 282 g/mol. The zero-order valence-electron chi connectivity index (χ0n) is 12.2. The molecular weight excluding hydrogens is 264 g/mol. The van der Waals surface area contributed by atoms with Crippen LogP contribution in [0.1, 0.15) is 5.56 Å². The third kappa shape index (κ3) is 2.70. The number of fused-ring (bicyclic) bond motifs is 1. The van der Waals surface area contributed by atoms with Crippen LogP contribution < -0.4 is 9.47 Å². The van der Waals surface area contributed by atoms with Gasteiger partial charge in [-0.3, -0.25) is 0 Å². The van der Waals surface area contributed by atoms with Crippen LogP contribution in [0.3, 0.4) is 0 Å². The molecule has 2 aromatic heterocycles. The fourth-order valence-electron chi connectivity index (χ4n) is 2.49. The van der Waals surface area contributed by atoms with Gasteiger partial charge in [0.05, 0.1) is 14.2 Å². The van der Waals surface area contributed by atoms with Crippen LogP contribution in [0.25, 0.3) is 11.0 Å². The maximum Gasteiger partial charge on any atom is 0.160 e. The van der Waals surface area contributed by atoms with Gasteiger partial charge >= 0.3 is 0 Å². The number of rotatable bonds is 5. The summed E-state index contributed by atoms with van der Waals surface area (Å²) in [7, 11) is 3.31. The van der Waals surface area contributed by atoms with Crippen molar-refractivity contribution in [3.05, 3.63) is 54.4 Å². The quantitative estimate of drug-likeness (QED) is 0.720. The van der Waals surface area contributed by atoms with Crippen LogP contribution in [-0.4, -0.2) is 23.8 Å². The molecule has 2 heterocycles. The molecule has 1 aromatic carbocycles. The highest BCUT2D eigenvalue weighted by molar-refractivity contribution is 5.75. The Morgan fingerprint density at radius 3 is 2.71 bits per heavy atom. The van der Waals surface area contributed by atoms with Crippen molar-refractivity contribution in [3.63, 3.8) is 0 Å². The van der Waals surface area contributed by atoms with Crippen molar-refractivity contribution < 1.29 is 9.47 Å². The second-order valence-corrected chi connectivity index (χ2v) is 4.86. The number of aromatic nitrogens is 2. The van der Waals surface area contributed by atoms with E-state index in [2.05, 4.69) is 33.9 Å². The summed E-state index contributed by atoms with van der Waals surface area (Å²) in [6.07, 6.45) is 4.83. The molecule has 3 aromatic rings. The Morgan fingerprint density at radius 1 is 1.05 bits per heavy atom. The number of methoxy groups -OCH3 is 2. The molecular formula is C17H18N2O2. The summed E-state index contributed by atoms with van der Waals surface area (Å²) in [5, 5.41) is 1.17. The minimum Gasteiger partial charge on any atom is -0.493 e. The molecule has 0 aliphatic heterocycles. The standard InChI is InChI=1S/C17H18N2O2/c1-20-15-6-5-13(12-16(15)21-2)7-10-19-11-8-14-4-3-9-18-17(14)19/h3-6,8-9,11-12H,7,10H2,1-2H3. The predicted octanol–water partition coefficient (Wildman–Crippen LogP) is 3.30. The van der Waals surface area contributed by atoms with Gasteiger partial charge in [-0.05, 0) is 42.3 Å². The van der Waals surface area contributed by atoms with Gasteiger partial charge in [0.25, 0.3) is 0 Å². The molecule has 0 N–H and O–H groups in total. The molecule has 0 aliphatic carbocycles. The summed E-state index contributed by atoms with van der Waals surface area (Å²) in [5.41, 5.74) is 2.24. The molecule has 0 spiro atoms. The van der Waals surface area contributed by atoms with Crippen molar-refractivity contribution in [3.8, 4) is 11.5 Å². The molecule has 4 heteroatoms. The third-order valence-electron chi connectivity index (χ3n) is 3.61. The zero-order chi connectivity index (χ0) is 14.7. The van der Waals surface area contributed by atoms with Gasteiger partial charge in [-0.15, -0.1) is 0 Å². The molecule has 0 saturated heterocycles. The lowest BCUT2D eigenvalue weighted by Crippen LogP contribution is -2.01. The summed E-state index contributed by atoms with van der Waals surface area (Å²) in [5.74, 6) is 1.53. The van der Waals surface area contributed by atoms with E-state index in [1.165, 1.54) is 10.9 Å². The maximum absolute atomic E-state index is 5.34. The highest BCUT2D eigenvalue weighted by Gasteiger charge is 2.06. The first kappa shape index (κ1) is 13.5. The first-order valence-electron chi connectivity index (χ1n) is 6.92. The normalized spacial score (nSPS) is 10.8. The van der Waals surface area contributed by atoms with Crippen molar-refractivity contribution in [1.29, 1.82) is 0 Å². The smallest absolute Gasteiger partial charge is 0.160 e. The zero-order valence-corrected chi connectivity index (χ0v) is 12.2. The number of nitrogens with zero attached hydrogens (tertiary/aromatic N) is 2. The van der Waals surface area contributed by atoms with Crippen molar-refractivity contribution in [1.82, 2.24) is 9.55 Å². The minimum absolute atomic E-state index is 0.759.